The van der Waals surface area contributed by atoms with Crippen LogP contribution in [-0.4, -0.2) is 39.5 Å². The normalized spacial score (nSPS) is 10.1. The van der Waals surface area contributed by atoms with Gasteiger partial charge in [-0.15, -0.1) is 0 Å². The molecule has 0 fully saturated rings. The first-order valence-corrected chi connectivity index (χ1v) is 4.57. The monoisotopic (exact) mass is 197 g/mol. The summed E-state index contributed by atoms with van der Waals surface area (Å²) in [7, 11) is 1.72. The molecule has 1 heterocycles. The highest BCUT2D eigenvalue weighted by Crippen LogP contribution is 1.99. The molecule has 0 aliphatic heterocycles. The number of aliphatic hydroxyl groups is 1. The molecule has 1 rings (SSSR count). The standard InChI is InChI=1S/C9H15N3O2/c1-12(9(14)3-2-6-13)7-8-10-4-5-11-8/h4-5,13H,2-3,6-7H2,1H3,(H,10,11). The lowest BCUT2D eigenvalue weighted by atomic mass is 10.3. The lowest BCUT2D eigenvalue weighted by Crippen LogP contribution is -2.26. The van der Waals surface area contributed by atoms with E-state index in [0.29, 0.717) is 19.4 Å². The molecule has 14 heavy (non-hydrogen) atoms. The summed E-state index contributed by atoms with van der Waals surface area (Å²) >= 11 is 0. The summed E-state index contributed by atoms with van der Waals surface area (Å²) in [6.07, 6.45) is 4.28. The molecular formula is C9H15N3O2. The molecule has 0 saturated heterocycles. The fourth-order valence-electron chi connectivity index (χ4n) is 1.12. The first-order valence-electron chi connectivity index (χ1n) is 4.57. The third-order valence-electron chi connectivity index (χ3n) is 1.92. The van der Waals surface area contributed by atoms with Crippen molar-refractivity contribution in [3.8, 4) is 0 Å². The van der Waals surface area contributed by atoms with E-state index >= 15 is 0 Å². The lowest BCUT2D eigenvalue weighted by molar-refractivity contribution is -0.130. The first kappa shape index (κ1) is 10.7. The number of carbonyl (C=O) groups excluding carboxylic acids is 1. The molecule has 2 N–H and O–H groups in total. The van der Waals surface area contributed by atoms with Crippen molar-refractivity contribution >= 4 is 5.91 Å². The van der Waals surface area contributed by atoms with Gasteiger partial charge in [-0.2, -0.15) is 0 Å². The van der Waals surface area contributed by atoms with Crippen molar-refractivity contribution in [2.24, 2.45) is 0 Å². The smallest absolute Gasteiger partial charge is 0.222 e. The number of nitrogens with zero attached hydrogens (tertiary/aromatic N) is 2. The number of rotatable bonds is 5. The SMILES string of the molecule is CN(Cc1ncc[nH]1)C(=O)CCCO. The molecule has 0 bridgehead atoms. The average molecular weight is 197 g/mol. The van der Waals surface area contributed by atoms with Crippen molar-refractivity contribution in [3.05, 3.63) is 18.2 Å². The number of H-pyrrole nitrogens is 1. The quantitative estimate of drug-likeness (QED) is 0.705. The Bertz CT molecular complexity index is 272. The molecule has 78 valence electrons. The molecule has 5 heteroatoms. The molecule has 0 radical (unpaired) electrons. The van der Waals surface area contributed by atoms with Gasteiger partial charge in [0, 0.05) is 32.5 Å². The van der Waals surface area contributed by atoms with Crippen molar-refractivity contribution in [1.82, 2.24) is 14.9 Å². The second kappa shape index (κ2) is 5.39. The van der Waals surface area contributed by atoms with Crippen LogP contribution < -0.4 is 0 Å². The Morgan fingerprint density at radius 1 is 1.71 bits per heavy atom. The maximum Gasteiger partial charge on any atom is 0.222 e. The van der Waals surface area contributed by atoms with Gasteiger partial charge in [-0.05, 0) is 6.42 Å². The zero-order chi connectivity index (χ0) is 10.4. The molecule has 0 aliphatic rings. The van der Waals surface area contributed by atoms with Crippen molar-refractivity contribution in [2.45, 2.75) is 19.4 Å². The maximum atomic E-state index is 11.4. The second-order valence-corrected chi connectivity index (χ2v) is 3.11. The second-order valence-electron chi connectivity index (χ2n) is 3.11. The Morgan fingerprint density at radius 3 is 3.07 bits per heavy atom. The number of nitrogens with one attached hydrogen (secondary N) is 1. The highest BCUT2D eigenvalue weighted by molar-refractivity contribution is 5.75. The van der Waals surface area contributed by atoms with E-state index in [0.717, 1.165) is 5.82 Å². The summed E-state index contributed by atoms with van der Waals surface area (Å²) in [5, 5.41) is 8.56. The predicted octanol–water partition coefficient (Wildman–Crippen LogP) is 0.141. The largest absolute Gasteiger partial charge is 0.396 e. The Morgan fingerprint density at radius 2 is 2.50 bits per heavy atom. The minimum Gasteiger partial charge on any atom is -0.396 e. The molecule has 1 aromatic rings. The van der Waals surface area contributed by atoms with Gasteiger partial charge in [0.05, 0.1) is 6.54 Å². The number of carbonyl (C=O) groups is 1. The van der Waals surface area contributed by atoms with E-state index in [2.05, 4.69) is 9.97 Å². The Balaban J connectivity index is 2.34. The van der Waals surface area contributed by atoms with Crippen molar-refractivity contribution < 1.29 is 9.90 Å². The van der Waals surface area contributed by atoms with Crippen molar-refractivity contribution in [2.75, 3.05) is 13.7 Å². The Hall–Kier alpha value is -1.36. The van der Waals surface area contributed by atoms with Gasteiger partial charge >= 0.3 is 0 Å². The van der Waals surface area contributed by atoms with Gasteiger partial charge in [-0.1, -0.05) is 0 Å². The van der Waals surface area contributed by atoms with Crippen LogP contribution in [0.4, 0.5) is 0 Å². The van der Waals surface area contributed by atoms with Crippen LogP contribution in [0.1, 0.15) is 18.7 Å². The summed E-state index contributed by atoms with van der Waals surface area (Å²) < 4.78 is 0. The molecular weight excluding hydrogens is 182 g/mol. The van der Waals surface area contributed by atoms with Crippen LogP contribution in [-0.2, 0) is 11.3 Å². The average Bonchev–Trinajstić information content (AvgIpc) is 2.66. The van der Waals surface area contributed by atoms with Gasteiger partial charge in [0.25, 0.3) is 0 Å². The highest BCUT2D eigenvalue weighted by atomic mass is 16.3. The van der Waals surface area contributed by atoms with Crippen LogP contribution in [0.5, 0.6) is 0 Å². The van der Waals surface area contributed by atoms with E-state index in [9.17, 15) is 4.79 Å². The number of aromatic nitrogens is 2. The summed E-state index contributed by atoms with van der Waals surface area (Å²) in [6.45, 7) is 0.539. The van der Waals surface area contributed by atoms with Crippen LogP contribution in [0.15, 0.2) is 12.4 Å². The van der Waals surface area contributed by atoms with Crippen LogP contribution in [0.2, 0.25) is 0 Å². The maximum absolute atomic E-state index is 11.4. The van der Waals surface area contributed by atoms with Crippen molar-refractivity contribution in [3.63, 3.8) is 0 Å². The minimum atomic E-state index is 0.0236. The fraction of sp³-hybridized carbons (Fsp3) is 0.556. The number of hydrogen-bond donors (Lipinski definition) is 2. The lowest BCUT2D eigenvalue weighted by Gasteiger charge is -2.15. The number of hydrogen-bond acceptors (Lipinski definition) is 3. The van der Waals surface area contributed by atoms with Crippen LogP contribution in [0.3, 0.4) is 0 Å². The van der Waals surface area contributed by atoms with Crippen molar-refractivity contribution in [1.29, 1.82) is 0 Å². The first-order chi connectivity index (χ1) is 6.74. The van der Waals surface area contributed by atoms with Gasteiger partial charge < -0.3 is 15.0 Å². The number of aromatic amines is 1. The molecule has 0 aromatic carbocycles. The van der Waals surface area contributed by atoms with E-state index in [1.165, 1.54) is 0 Å². The summed E-state index contributed by atoms with van der Waals surface area (Å²) in [5.74, 6) is 0.792. The van der Waals surface area contributed by atoms with Gasteiger partial charge in [-0.25, -0.2) is 4.98 Å². The van der Waals surface area contributed by atoms with Gasteiger partial charge in [0.15, 0.2) is 0 Å². The fourth-order valence-corrected chi connectivity index (χ4v) is 1.12. The topological polar surface area (TPSA) is 69.2 Å². The molecule has 0 aliphatic carbocycles. The summed E-state index contributed by atoms with van der Waals surface area (Å²) in [6, 6.07) is 0. The van der Waals surface area contributed by atoms with Gasteiger partial charge in [-0.3, -0.25) is 4.79 Å². The van der Waals surface area contributed by atoms with Gasteiger partial charge in [0.1, 0.15) is 5.82 Å². The Kier molecular flexibility index (Phi) is 4.12. The van der Waals surface area contributed by atoms with Crippen LogP contribution >= 0.6 is 0 Å². The minimum absolute atomic E-state index is 0.0236. The number of imidazole rings is 1. The van der Waals surface area contributed by atoms with E-state index in [-0.39, 0.29) is 12.5 Å². The van der Waals surface area contributed by atoms with Crippen LogP contribution in [0, 0.1) is 0 Å². The summed E-state index contributed by atoms with van der Waals surface area (Å²) in [4.78, 5) is 19.9. The van der Waals surface area contributed by atoms with E-state index in [4.69, 9.17) is 5.11 Å². The number of aliphatic hydroxyl groups excluding tert-OH is 1. The zero-order valence-electron chi connectivity index (χ0n) is 8.23. The molecule has 0 spiro atoms. The molecule has 0 unspecified atom stereocenters. The van der Waals surface area contributed by atoms with E-state index in [1.807, 2.05) is 0 Å². The molecule has 1 amide bonds. The third kappa shape index (κ3) is 3.18. The van der Waals surface area contributed by atoms with E-state index in [1.54, 1.807) is 24.3 Å². The highest BCUT2D eigenvalue weighted by Gasteiger charge is 2.09. The number of amides is 1. The van der Waals surface area contributed by atoms with Gasteiger partial charge in [0.2, 0.25) is 5.91 Å². The Labute approximate surface area is 82.8 Å². The predicted molar refractivity (Wildman–Crippen MR) is 51.4 cm³/mol. The molecule has 5 nitrogen and oxygen atoms in total. The molecule has 1 aromatic heterocycles. The van der Waals surface area contributed by atoms with Crippen LogP contribution in [0.25, 0.3) is 0 Å². The zero-order valence-corrected chi connectivity index (χ0v) is 8.23. The molecule has 0 saturated carbocycles. The van der Waals surface area contributed by atoms with E-state index < -0.39 is 0 Å². The third-order valence-corrected chi connectivity index (χ3v) is 1.92. The summed E-state index contributed by atoms with van der Waals surface area (Å²) in [5.41, 5.74) is 0. The molecule has 0 atom stereocenters.